The number of carbonyl (C=O) groups is 2. The van der Waals surface area contributed by atoms with Crippen LogP contribution >= 0.6 is 22.9 Å². The highest BCUT2D eigenvalue weighted by atomic mass is 35.5. The van der Waals surface area contributed by atoms with Crippen LogP contribution in [0.2, 0.25) is 5.02 Å². The maximum absolute atomic E-state index is 12.1. The van der Waals surface area contributed by atoms with E-state index in [4.69, 9.17) is 11.6 Å². The fourth-order valence-electron chi connectivity index (χ4n) is 2.31. The van der Waals surface area contributed by atoms with Gasteiger partial charge in [-0.1, -0.05) is 29.8 Å². The number of nitrogens with zero attached hydrogens (tertiary/aromatic N) is 2. The van der Waals surface area contributed by atoms with Crippen LogP contribution < -0.4 is 4.90 Å². The molecule has 1 aliphatic heterocycles. The highest BCUT2D eigenvalue weighted by Crippen LogP contribution is 2.36. The third-order valence-electron chi connectivity index (χ3n) is 3.49. The van der Waals surface area contributed by atoms with E-state index < -0.39 is 0 Å². The van der Waals surface area contributed by atoms with Crippen LogP contribution in [0.1, 0.15) is 27.7 Å². The first-order chi connectivity index (χ1) is 10.5. The Hall–Kier alpha value is -1.98. The molecule has 0 saturated carbocycles. The Kier molecular flexibility index (Phi) is 3.85. The summed E-state index contributed by atoms with van der Waals surface area (Å²) in [6, 6.07) is 9.16. The van der Waals surface area contributed by atoms with Crippen molar-refractivity contribution in [1.29, 1.82) is 0 Å². The van der Waals surface area contributed by atoms with Gasteiger partial charge in [0.25, 0.3) is 0 Å². The maximum Gasteiger partial charge on any atom is 0.249 e. The van der Waals surface area contributed by atoms with Crippen molar-refractivity contribution in [3.05, 3.63) is 51.4 Å². The van der Waals surface area contributed by atoms with E-state index in [-0.39, 0.29) is 18.2 Å². The first-order valence-corrected chi connectivity index (χ1v) is 7.89. The zero-order chi connectivity index (χ0) is 15.9. The number of rotatable bonds is 2. The summed E-state index contributed by atoms with van der Waals surface area (Å²) < 4.78 is 0. The van der Waals surface area contributed by atoms with Gasteiger partial charge in [-0.05, 0) is 19.1 Å². The van der Waals surface area contributed by atoms with Crippen molar-refractivity contribution in [1.82, 2.24) is 0 Å². The normalized spacial score (nSPS) is 14.4. The third-order valence-corrected chi connectivity index (χ3v) is 5.14. The number of hydrogen-bond donors (Lipinski definition) is 0. The van der Waals surface area contributed by atoms with E-state index in [0.717, 1.165) is 16.1 Å². The number of fused-ring (bicyclic) bond motifs is 1. The van der Waals surface area contributed by atoms with Crippen LogP contribution in [0, 0.1) is 0 Å². The Morgan fingerprint density at radius 3 is 2.73 bits per heavy atom. The van der Waals surface area contributed by atoms with Gasteiger partial charge in [0.05, 0.1) is 10.6 Å². The van der Waals surface area contributed by atoms with Crippen LogP contribution in [-0.4, -0.2) is 31.0 Å². The van der Waals surface area contributed by atoms with E-state index in [1.165, 1.54) is 18.3 Å². The molecule has 6 heteroatoms. The molecule has 22 heavy (non-hydrogen) atoms. The van der Waals surface area contributed by atoms with Gasteiger partial charge in [-0.25, -0.2) is 0 Å². The minimum absolute atomic E-state index is 0.0302. The van der Waals surface area contributed by atoms with Gasteiger partial charge in [0, 0.05) is 23.2 Å². The molecule has 1 aliphatic rings. The predicted molar refractivity (Wildman–Crippen MR) is 89.7 cm³/mol. The summed E-state index contributed by atoms with van der Waals surface area (Å²) in [6.07, 6.45) is 0. The number of ketones is 1. The summed E-state index contributed by atoms with van der Waals surface area (Å²) in [4.78, 5) is 30.4. The number of likely N-dealkylation sites (N-methyl/N-ethyl adjacent to an activating group) is 1. The Balaban J connectivity index is 2.24. The van der Waals surface area contributed by atoms with E-state index >= 15 is 0 Å². The van der Waals surface area contributed by atoms with Crippen molar-refractivity contribution >= 4 is 45.3 Å². The molecule has 0 bridgehead atoms. The molecule has 0 N–H and O–H groups in total. The van der Waals surface area contributed by atoms with Gasteiger partial charge in [-0.15, -0.1) is 11.3 Å². The second-order valence-corrected chi connectivity index (χ2v) is 6.42. The van der Waals surface area contributed by atoms with E-state index in [1.807, 2.05) is 18.2 Å². The second kappa shape index (κ2) is 5.66. The molecule has 2 aromatic rings. The van der Waals surface area contributed by atoms with Crippen LogP contribution in [0.5, 0.6) is 0 Å². The highest BCUT2D eigenvalue weighted by Gasteiger charge is 2.27. The molecule has 0 aliphatic carbocycles. The molecule has 3 rings (SSSR count). The summed E-state index contributed by atoms with van der Waals surface area (Å²) in [5.74, 6) is -0.141. The van der Waals surface area contributed by atoms with Crippen LogP contribution in [0.3, 0.4) is 0 Å². The van der Waals surface area contributed by atoms with Gasteiger partial charge < -0.3 is 4.90 Å². The van der Waals surface area contributed by atoms with Crippen LogP contribution in [0.25, 0.3) is 0 Å². The van der Waals surface area contributed by atoms with Crippen LogP contribution in [0.15, 0.2) is 35.3 Å². The molecule has 0 unspecified atom stereocenters. The van der Waals surface area contributed by atoms with Gasteiger partial charge in [0.15, 0.2) is 5.78 Å². The monoisotopic (exact) mass is 332 g/mol. The Bertz CT molecular complexity index is 810. The average molecular weight is 333 g/mol. The van der Waals surface area contributed by atoms with Crippen molar-refractivity contribution in [2.24, 2.45) is 4.99 Å². The predicted octanol–water partition coefficient (Wildman–Crippen LogP) is 3.42. The number of carbonyl (C=O) groups excluding carboxylic acids is 2. The van der Waals surface area contributed by atoms with Crippen molar-refractivity contribution in [2.45, 2.75) is 6.92 Å². The molecular formula is C16H13ClN2O2S. The van der Waals surface area contributed by atoms with Crippen LogP contribution in [-0.2, 0) is 4.79 Å². The van der Waals surface area contributed by atoms with Crippen molar-refractivity contribution in [2.75, 3.05) is 18.5 Å². The number of thiophene rings is 1. The molecule has 1 aromatic heterocycles. The molecular weight excluding hydrogens is 320 g/mol. The number of halogens is 1. The molecule has 0 radical (unpaired) electrons. The van der Waals surface area contributed by atoms with Crippen molar-refractivity contribution in [3.63, 3.8) is 0 Å². The Morgan fingerprint density at radius 1 is 1.32 bits per heavy atom. The number of benzene rings is 1. The van der Waals surface area contributed by atoms with E-state index in [2.05, 4.69) is 4.99 Å². The minimum atomic E-state index is -0.111. The molecule has 1 amide bonds. The molecule has 0 atom stereocenters. The van der Waals surface area contributed by atoms with Gasteiger partial charge in [0.2, 0.25) is 5.91 Å². The molecule has 0 saturated heterocycles. The van der Waals surface area contributed by atoms with Gasteiger partial charge in [-0.2, -0.15) is 0 Å². The first-order valence-electron chi connectivity index (χ1n) is 6.70. The smallest absolute Gasteiger partial charge is 0.249 e. The Labute approximate surface area is 137 Å². The number of hydrogen-bond acceptors (Lipinski definition) is 4. The molecule has 1 aromatic carbocycles. The first kappa shape index (κ1) is 14.9. The Morgan fingerprint density at radius 2 is 2.05 bits per heavy atom. The molecule has 4 nitrogen and oxygen atoms in total. The van der Waals surface area contributed by atoms with Crippen molar-refractivity contribution in [3.8, 4) is 0 Å². The summed E-state index contributed by atoms with van der Waals surface area (Å²) in [5, 5.41) is 1.30. The van der Waals surface area contributed by atoms with Crippen LogP contribution in [0.4, 0.5) is 5.00 Å². The molecule has 112 valence electrons. The fraction of sp³-hybridized carbons (Fsp3) is 0.188. The molecule has 0 fully saturated rings. The minimum Gasteiger partial charge on any atom is -0.305 e. The van der Waals surface area contributed by atoms with E-state index in [1.54, 1.807) is 24.1 Å². The molecule has 2 heterocycles. The summed E-state index contributed by atoms with van der Waals surface area (Å²) >= 11 is 7.58. The largest absolute Gasteiger partial charge is 0.305 e. The lowest BCUT2D eigenvalue weighted by molar-refractivity contribution is -0.116. The highest BCUT2D eigenvalue weighted by molar-refractivity contribution is 7.18. The topological polar surface area (TPSA) is 49.7 Å². The van der Waals surface area contributed by atoms with Gasteiger partial charge in [0.1, 0.15) is 11.5 Å². The van der Waals surface area contributed by atoms with Gasteiger partial charge >= 0.3 is 0 Å². The number of anilines is 1. The zero-order valence-electron chi connectivity index (χ0n) is 12.1. The second-order valence-electron chi connectivity index (χ2n) is 4.98. The summed E-state index contributed by atoms with van der Waals surface area (Å²) in [5.41, 5.74) is 2.19. The standard InChI is InChI=1S/C16H13ClN2O2S/c1-9(20)13-7-11-15(10-5-3-4-6-12(10)17)18-8-14(21)19(2)16(11)22-13/h3-7H,8H2,1-2H3. The SMILES string of the molecule is CC(=O)c1cc2c(s1)N(C)C(=O)CN=C2c1ccccc1Cl. The summed E-state index contributed by atoms with van der Waals surface area (Å²) in [6.45, 7) is 1.58. The third kappa shape index (κ3) is 2.46. The number of amides is 1. The lowest BCUT2D eigenvalue weighted by Gasteiger charge is -2.13. The number of aliphatic imine (C=N–C) groups is 1. The maximum atomic E-state index is 12.1. The zero-order valence-corrected chi connectivity index (χ0v) is 13.7. The summed E-state index contributed by atoms with van der Waals surface area (Å²) in [7, 11) is 1.70. The lowest BCUT2D eigenvalue weighted by atomic mass is 10.0. The van der Waals surface area contributed by atoms with E-state index in [0.29, 0.717) is 15.6 Å². The van der Waals surface area contributed by atoms with E-state index in [9.17, 15) is 9.59 Å². The van der Waals surface area contributed by atoms with Crippen molar-refractivity contribution < 1.29 is 9.59 Å². The lowest BCUT2D eigenvalue weighted by Crippen LogP contribution is -2.26. The quantitative estimate of drug-likeness (QED) is 0.791. The molecule has 0 spiro atoms. The number of Topliss-reactive ketones (excluding diaryl/α,β-unsaturated/α-hetero) is 1. The average Bonchev–Trinajstić information content (AvgIpc) is 2.89. The van der Waals surface area contributed by atoms with Gasteiger partial charge in [-0.3, -0.25) is 14.6 Å². The fourth-order valence-corrected chi connectivity index (χ4v) is 3.57.